The molecule has 0 spiro atoms. The van der Waals surface area contributed by atoms with Gasteiger partial charge < -0.3 is 5.32 Å². The van der Waals surface area contributed by atoms with Crippen LogP contribution in [0.15, 0.2) is 22.7 Å². The first-order valence-electron chi connectivity index (χ1n) is 8.31. The average molecular weight is 358 g/mol. The Hall–Kier alpha value is -0.410. The molecule has 0 heterocycles. The summed E-state index contributed by atoms with van der Waals surface area (Å²) >= 11 is 3.26. The molecule has 1 aromatic rings. The summed E-state index contributed by atoms with van der Waals surface area (Å²) in [5.41, 5.74) is 1.16. The molecular weight excluding hydrogens is 329 g/mol. The summed E-state index contributed by atoms with van der Waals surface area (Å²) in [7, 11) is 1.98. The van der Waals surface area contributed by atoms with Crippen molar-refractivity contribution in [3.63, 3.8) is 0 Å². The van der Waals surface area contributed by atoms with Gasteiger partial charge in [-0.3, -0.25) is 0 Å². The van der Waals surface area contributed by atoms with Crippen LogP contribution >= 0.6 is 15.9 Å². The SMILES string of the molecule is CCCCCCCCCCC(NC)c1ccc(F)c(Br)c1. The summed E-state index contributed by atoms with van der Waals surface area (Å²) in [6.07, 6.45) is 11.8. The molecular formula is C18H29BrFN. The lowest BCUT2D eigenvalue weighted by atomic mass is 9.99. The molecule has 1 rings (SSSR count). The van der Waals surface area contributed by atoms with Crippen LogP contribution in [0.3, 0.4) is 0 Å². The van der Waals surface area contributed by atoms with E-state index in [2.05, 4.69) is 28.2 Å². The fourth-order valence-electron chi connectivity index (χ4n) is 2.69. The van der Waals surface area contributed by atoms with Gasteiger partial charge in [-0.25, -0.2) is 4.39 Å². The van der Waals surface area contributed by atoms with Gasteiger partial charge in [0.15, 0.2) is 0 Å². The smallest absolute Gasteiger partial charge is 0.137 e. The molecule has 0 aliphatic carbocycles. The molecule has 1 N–H and O–H groups in total. The molecule has 0 aliphatic rings. The summed E-state index contributed by atoms with van der Waals surface area (Å²) < 4.78 is 13.8. The fraction of sp³-hybridized carbons (Fsp3) is 0.667. The van der Waals surface area contributed by atoms with Crippen LogP contribution in [0.1, 0.15) is 76.3 Å². The van der Waals surface area contributed by atoms with Crippen LogP contribution in [0.4, 0.5) is 4.39 Å². The molecule has 0 saturated carbocycles. The van der Waals surface area contributed by atoms with E-state index in [9.17, 15) is 4.39 Å². The van der Waals surface area contributed by atoms with Crippen molar-refractivity contribution in [3.05, 3.63) is 34.1 Å². The summed E-state index contributed by atoms with van der Waals surface area (Å²) in [6, 6.07) is 5.63. The van der Waals surface area contributed by atoms with E-state index >= 15 is 0 Å². The van der Waals surface area contributed by atoms with Crippen LogP contribution < -0.4 is 5.32 Å². The van der Waals surface area contributed by atoms with Crippen LogP contribution in [0.5, 0.6) is 0 Å². The van der Waals surface area contributed by atoms with Crippen LogP contribution in [0, 0.1) is 5.82 Å². The monoisotopic (exact) mass is 357 g/mol. The van der Waals surface area contributed by atoms with Gasteiger partial charge in [0, 0.05) is 6.04 Å². The van der Waals surface area contributed by atoms with Crippen molar-refractivity contribution < 1.29 is 4.39 Å². The van der Waals surface area contributed by atoms with Gasteiger partial charge in [0.05, 0.1) is 4.47 Å². The first-order valence-corrected chi connectivity index (χ1v) is 9.10. The van der Waals surface area contributed by atoms with Crippen molar-refractivity contribution in [1.82, 2.24) is 5.32 Å². The van der Waals surface area contributed by atoms with Gasteiger partial charge in [0.1, 0.15) is 5.82 Å². The van der Waals surface area contributed by atoms with E-state index in [-0.39, 0.29) is 5.82 Å². The molecule has 0 bridgehead atoms. The number of nitrogens with one attached hydrogen (secondary N) is 1. The minimum absolute atomic E-state index is 0.194. The van der Waals surface area contributed by atoms with Gasteiger partial charge in [-0.2, -0.15) is 0 Å². The second kappa shape index (κ2) is 11.2. The highest BCUT2D eigenvalue weighted by molar-refractivity contribution is 9.10. The molecule has 21 heavy (non-hydrogen) atoms. The summed E-state index contributed by atoms with van der Waals surface area (Å²) in [4.78, 5) is 0. The van der Waals surface area contributed by atoms with E-state index < -0.39 is 0 Å². The number of hydrogen-bond acceptors (Lipinski definition) is 1. The minimum Gasteiger partial charge on any atom is -0.313 e. The van der Waals surface area contributed by atoms with Crippen molar-refractivity contribution >= 4 is 15.9 Å². The predicted molar refractivity (Wildman–Crippen MR) is 93.1 cm³/mol. The molecule has 1 nitrogen and oxygen atoms in total. The molecule has 1 unspecified atom stereocenters. The van der Waals surface area contributed by atoms with Crippen molar-refractivity contribution in [2.75, 3.05) is 7.05 Å². The fourth-order valence-corrected chi connectivity index (χ4v) is 3.09. The van der Waals surface area contributed by atoms with Crippen LogP contribution in [-0.4, -0.2) is 7.05 Å². The standard InChI is InChI=1S/C18H29BrFN/c1-3-4-5-6-7-8-9-10-11-18(21-2)15-12-13-17(20)16(19)14-15/h12-14,18,21H,3-11H2,1-2H3. The molecule has 120 valence electrons. The zero-order valence-corrected chi connectivity index (χ0v) is 15.0. The Morgan fingerprint density at radius 2 is 1.67 bits per heavy atom. The quantitative estimate of drug-likeness (QED) is 0.453. The molecule has 0 fully saturated rings. The molecule has 3 heteroatoms. The zero-order valence-electron chi connectivity index (χ0n) is 13.4. The van der Waals surface area contributed by atoms with E-state index in [0.717, 1.165) is 12.0 Å². The Labute approximate surface area is 137 Å². The maximum Gasteiger partial charge on any atom is 0.137 e. The van der Waals surface area contributed by atoms with E-state index in [1.165, 1.54) is 57.4 Å². The van der Waals surface area contributed by atoms with Crippen LogP contribution in [-0.2, 0) is 0 Å². The van der Waals surface area contributed by atoms with E-state index in [1.807, 2.05) is 19.2 Å². The highest BCUT2D eigenvalue weighted by Crippen LogP contribution is 2.25. The Bertz CT molecular complexity index is 395. The van der Waals surface area contributed by atoms with Crippen molar-refractivity contribution in [2.45, 2.75) is 70.8 Å². The summed E-state index contributed by atoms with van der Waals surface area (Å²) in [5, 5.41) is 3.34. The van der Waals surface area contributed by atoms with E-state index in [1.54, 1.807) is 0 Å². The lowest BCUT2D eigenvalue weighted by Gasteiger charge is -2.17. The minimum atomic E-state index is -0.194. The lowest BCUT2D eigenvalue weighted by Crippen LogP contribution is -2.16. The van der Waals surface area contributed by atoms with Crippen molar-refractivity contribution in [1.29, 1.82) is 0 Å². The Kier molecular flexibility index (Phi) is 9.94. The Morgan fingerprint density at radius 3 is 2.24 bits per heavy atom. The highest BCUT2D eigenvalue weighted by Gasteiger charge is 2.10. The molecule has 0 aromatic heterocycles. The number of unbranched alkanes of at least 4 members (excludes halogenated alkanes) is 7. The molecule has 0 saturated heterocycles. The molecule has 1 atom stereocenters. The number of benzene rings is 1. The highest BCUT2D eigenvalue weighted by atomic mass is 79.9. The zero-order chi connectivity index (χ0) is 15.5. The first kappa shape index (κ1) is 18.6. The Morgan fingerprint density at radius 1 is 1.05 bits per heavy atom. The normalized spacial score (nSPS) is 12.6. The van der Waals surface area contributed by atoms with Crippen molar-refractivity contribution in [3.8, 4) is 0 Å². The number of rotatable bonds is 11. The maximum atomic E-state index is 13.3. The third-order valence-corrected chi connectivity index (χ3v) is 4.65. The molecule has 0 amide bonds. The van der Waals surface area contributed by atoms with Gasteiger partial charge in [0.2, 0.25) is 0 Å². The topological polar surface area (TPSA) is 12.0 Å². The third kappa shape index (κ3) is 7.42. The predicted octanol–water partition coefficient (Wildman–Crippen LogP) is 6.38. The average Bonchev–Trinajstić information content (AvgIpc) is 2.49. The second-order valence-corrected chi connectivity index (χ2v) is 6.63. The second-order valence-electron chi connectivity index (χ2n) is 5.78. The van der Waals surface area contributed by atoms with Gasteiger partial charge in [0.25, 0.3) is 0 Å². The van der Waals surface area contributed by atoms with Gasteiger partial charge in [-0.05, 0) is 47.1 Å². The molecule has 0 radical (unpaired) electrons. The number of hydrogen-bond donors (Lipinski definition) is 1. The maximum absolute atomic E-state index is 13.3. The van der Waals surface area contributed by atoms with Crippen LogP contribution in [0.25, 0.3) is 0 Å². The largest absolute Gasteiger partial charge is 0.313 e. The molecule has 0 aliphatic heterocycles. The van der Waals surface area contributed by atoms with Gasteiger partial charge >= 0.3 is 0 Å². The number of halogens is 2. The summed E-state index contributed by atoms with van der Waals surface area (Å²) in [6.45, 7) is 2.26. The van der Waals surface area contributed by atoms with Crippen LogP contribution in [0.2, 0.25) is 0 Å². The lowest BCUT2D eigenvalue weighted by molar-refractivity contribution is 0.493. The third-order valence-electron chi connectivity index (χ3n) is 4.04. The first-order chi connectivity index (χ1) is 10.2. The Balaban J connectivity index is 2.23. The van der Waals surface area contributed by atoms with E-state index in [0.29, 0.717) is 10.5 Å². The van der Waals surface area contributed by atoms with Crippen molar-refractivity contribution in [2.24, 2.45) is 0 Å². The van der Waals surface area contributed by atoms with Gasteiger partial charge in [-0.1, -0.05) is 64.4 Å². The van der Waals surface area contributed by atoms with Gasteiger partial charge in [-0.15, -0.1) is 0 Å². The summed E-state index contributed by atoms with van der Waals surface area (Å²) in [5.74, 6) is -0.194. The molecule has 1 aromatic carbocycles. The van der Waals surface area contributed by atoms with E-state index in [4.69, 9.17) is 0 Å².